The first-order chi connectivity index (χ1) is 19.7. The summed E-state index contributed by atoms with van der Waals surface area (Å²) in [5, 5.41) is 1.05. The average Bonchev–Trinajstić information content (AvgIpc) is 3.30. The molecule has 1 aliphatic heterocycles. The van der Waals surface area contributed by atoms with Crippen molar-refractivity contribution in [2.45, 2.75) is 45.9 Å². The molecule has 3 aromatic carbocycles. The van der Waals surface area contributed by atoms with Gasteiger partial charge in [-0.1, -0.05) is 42.0 Å². The van der Waals surface area contributed by atoms with Crippen LogP contribution in [0.2, 0.25) is 0 Å². The zero-order chi connectivity index (χ0) is 29.0. The molecule has 1 aromatic heterocycles. The van der Waals surface area contributed by atoms with Crippen molar-refractivity contribution in [3.8, 4) is 16.9 Å². The quantitative estimate of drug-likeness (QED) is 0.260. The first-order valence-corrected chi connectivity index (χ1v) is 14.1. The van der Waals surface area contributed by atoms with Gasteiger partial charge in [0, 0.05) is 75.0 Å². The summed E-state index contributed by atoms with van der Waals surface area (Å²) in [7, 11) is 0. The Morgan fingerprint density at radius 2 is 1.46 bits per heavy atom. The van der Waals surface area contributed by atoms with E-state index in [2.05, 4.69) is 74.7 Å². The topological polar surface area (TPSA) is 72.7 Å². The monoisotopic (exact) mass is 565 g/mol. The van der Waals surface area contributed by atoms with Gasteiger partial charge in [-0.25, -0.2) is 0 Å². The van der Waals surface area contributed by atoms with Gasteiger partial charge in [0.25, 0.3) is 0 Å². The Hall–Kier alpha value is -3.37. The summed E-state index contributed by atoms with van der Waals surface area (Å²) in [5.74, 6) is -0.268. The fourth-order valence-corrected chi connectivity index (χ4v) is 5.62. The van der Waals surface area contributed by atoms with Crippen LogP contribution in [0.15, 0.2) is 66.9 Å². The number of nitrogens with two attached hydrogens (primary N) is 2. The standard InChI is InChI=1S/C32H38F3N5O/c1-23-3-5-24(6-4-23)20-38-13-15-39(16-14-38)21-25-7-10-31-29(17-25)30(22-40(31)12-2-11-36)28-9-8-27(18-26(28)19-37)41-32(33,34)35/h3-10,17-18,22H,2,11-16,19-21,36-37H2,1H3. The molecule has 5 rings (SSSR count). The minimum atomic E-state index is -4.76. The minimum absolute atomic E-state index is 0.0897. The van der Waals surface area contributed by atoms with Gasteiger partial charge in [-0.2, -0.15) is 0 Å². The van der Waals surface area contributed by atoms with Crippen molar-refractivity contribution in [2.75, 3.05) is 32.7 Å². The largest absolute Gasteiger partial charge is 0.573 e. The van der Waals surface area contributed by atoms with E-state index in [0.29, 0.717) is 12.1 Å². The zero-order valence-corrected chi connectivity index (χ0v) is 23.5. The highest BCUT2D eigenvalue weighted by atomic mass is 19.4. The van der Waals surface area contributed by atoms with E-state index in [1.807, 2.05) is 0 Å². The van der Waals surface area contributed by atoms with E-state index in [0.717, 1.165) is 74.3 Å². The van der Waals surface area contributed by atoms with Crippen LogP contribution in [0.4, 0.5) is 13.2 Å². The molecular formula is C32H38F3N5O. The number of ether oxygens (including phenoxy) is 1. The fraction of sp³-hybridized carbons (Fsp3) is 0.375. The van der Waals surface area contributed by atoms with E-state index in [1.165, 1.54) is 28.8 Å². The smallest absolute Gasteiger partial charge is 0.406 e. The fourth-order valence-electron chi connectivity index (χ4n) is 5.62. The van der Waals surface area contributed by atoms with Crippen LogP contribution in [-0.2, 0) is 26.2 Å². The summed E-state index contributed by atoms with van der Waals surface area (Å²) in [4.78, 5) is 4.98. The van der Waals surface area contributed by atoms with Crippen molar-refractivity contribution in [3.05, 3.63) is 89.1 Å². The second-order valence-electron chi connectivity index (χ2n) is 10.8. The van der Waals surface area contributed by atoms with Crippen LogP contribution in [-0.4, -0.2) is 53.5 Å². The molecule has 9 heteroatoms. The molecule has 0 bridgehead atoms. The summed E-state index contributed by atoms with van der Waals surface area (Å²) < 4.78 is 44.8. The lowest BCUT2D eigenvalue weighted by Gasteiger charge is -2.34. The number of fused-ring (bicyclic) bond motifs is 1. The predicted molar refractivity (Wildman–Crippen MR) is 157 cm³/mol. The molecule has 41 heavy (non-hydrogen) atoms. The maximum absolute atomic E-state index is 12.8. The van der Waals surface area contributed by atoms with E-state index < -0.39 is 6.36 Å². The third-order valence-electron chi connectivity index (χ3n) is 7.77. The number of hydrogen-bond acceptors (Lipinski definition) is 5. The number of aromatic nitrogens is 1. The molecule has 0 aliphatic carbocycles. The molecule has 218 valence electrons. The maximum atomic E-state index is 12.8. The van der Waals surface area contributed by atoms with Crippen molar-refractivity contribution in [2.24, 2.45) is 11.5 Å². The molecule has 0 atom stereocenters. The molecule has 2 heterocycles. The number of halogens is 3. The highest BCUT2D eigenvalue weighted by Gasteiger charge is 2.31. The molecule has 6 nitrogen and oxygen atoms in total. The van der Waals surface area contributed by atoms with E-state index in [4.69, 9.17) is 11.5 Å². The van der Waals surface area contributed by atoms with Crippen molar-refractivity contribution in [3.63, 3.8) is 0 Å². The maximum Gasteiger partial charge on any atom is 0.573 e. The van der Waals surface area contributed by atoms with Crippen LogP contribution < -0.4 is 16.2 Å². The van der Waals surface area contributed by atoms with Crippen LogP contribution in [0.5, 0.6) is 5.75 Å². The molecule has 1 saturated heterocycles. The first-order valence-electron chi connectivity index (χ1n) is 14.1. The lowest BCUT2D eigenvalue weighted by Crippen LogP contribution is -2.45. The Morgan fingerprint density at radius 3 is 2.10 bits per heavy atom. The highest BCUT2D eigenvalue weighted by Crippen LogP contribution is 2.36. The average molecular weight is 566 g/mol. The summed E-state index contributed by atoms with van der Waals surface area (Å²) in [6.07, 6.45) is -1.88. The highest BCUT2D eigenvalue weighted by molar-refractivity contribution is 5.97. The van der Waals surface area contributed by atoms with Crippen LogP contribution in [0.25, 0.3) is 22.0 Å². The number of hydrogen-bond donors (Lipinski definition) is 2. The molecule has 4 N–H and O–H groups in total. The van der Waals surface area contributed by atoms with E-state index in [1.54, 1.807) is 6.07 Å². The predicted octanol–water partition coefficient (Wildman–Crippen LogP) is 5.64. The number of benzene rings is 3. The minimum Gasteiger partial charge on any atom is -0.406 e. The third kappa shape index (κ3) is 7.29. The van der Waals surface area contributed by atoms with E-state index >= 15 is 0 Å². The Labute approximate surface area is 239 Å². The van der Waals surface area contributed by atoms with Crippen LogP contribution in [0, 0.1) is 6.92 Å². The molecule has 0 saturated carbocycles. The molecule has 0 radical (unpaired) electrons. The van der Waals surface area contributed by atoms with Crippen molar-refractivity contribution < 1.29 is 17.9 Å². The summed E-state index contributed by atoms with van der Waals surface area (Å²) in [5.41, 5.74) is 19.0. The first kappa shape index (κ1) is 29.1. The second kappa shape index (κ2) is 12.7. The van der Waals surface area contributed by atoms with Gasteiger partial charge in [0.15, 0.2) is 0 Å². The molecule has 1 aliphatic rings. The second-order valence-corrected chi connectivity index (χ2v) is 10.8. The van der Waals surface area contributed by atoms with Gasteiger partial charge in [-0.05, 0) is 66.4 Å². The Balaban J connectivity index is 1.36. The summed E-state index contributed by atoms with van der Waals surface area (Å²) >= 11 is 0. The van der Waals surface area contributed by atoms with Crippen LogP contribution in [0.3, 0.4) is 0 Å². The molecule has 0 amide bonds. The van der Waals surface area contributed by atoms with Crippen molar-refractivity contribution in [1.29, 1.82) is 0 Å². The van der Waals surface area contributed by atoms with Gasteiger partial charge >= 0.3 is 6.36 Å². The lowest BCUT2D eigenvalue weighted by molar-refractivity contribution is -0.274. The number of nitrogens with zero attached hydrogens (tertiary/aromatic N) is 3. The zero-order valence-electron chi connectivity index (χ0n) is 23.5. The molecule has 0 unspecified atom stereocenters. The summed E-state index contributed by atoms with van der Waals surface area (Å²) in [6.45, 7) is 9.35. The molecule has 4 aromatic rings. The molecule has 0 spiro atoms. The molecule has 1 fully saturated rings. The van der Waals surface area contributed by atoms with Gasteiger partial charge in [0.1, 0.15) is 5.75 Å². The molecular weight excluding hydrogens is 527 g/mol. The normalized spacial score (nSPS) is 15.1. The third-order valence-corrected chi connectivity index (χ3v) is 7.77. The van der Waals surface area contributed by atoms with Crippen molar-refractivity contribution >= 4 is 10.9 Å². The Kier molecular flexibility index (Phi) is 8.99. The van der Waals surface area contributed by atoms with E-state index in [-0.39, 0.29) is 12.3 Å². The number of alkyl halides is 3. The van der Waals surface area contributed by atoms with Crippen molar-refractivity contribution in [1.82, 2.24) is 14.4 Å². The number of piperazine rings is 1. The SMILES string of the molecule is Cc1ccc(CN2CCN(Cc3ccc4c(c3)c(-c3ccc(OC(F)(F)F)cc3CN)cn4CCCN)CC2)cc1. The van der Waals surface area contributed by atoms with Crippen LogP contribution in [0.1, 0.15) is 28.7 Å². The number of rotatable bonds is 10. The number of aryl methyl sites for hydroxylation is 2. The van der Waals surface area contributed by atoms with Gasteiger partial charge in [0.2, 0.25) is 0 Å². The lowest BCUT2D eigenvalue weighted by atomic mass is 9.98. The van der Waals surface area contributed by atoms with Gasteiger partial charge < -0.3 is 20.8 Å². The Morgan fingerprint density at radius 1 is 0.805 bits per heavy atom. The van der Waals surface area contributed by atoms with E-state index in [9.17, 15) is 13.2 Å². The Bertz CT molecular complexity index is 1460. The van der Waals surface area contributed by atoms with Gasteiger partial charge in [-0.15, -0.1) is 13.2 Å². The summed E-state index contributed by atoms with van der Waals surface area (Å²) in [6, 6.07) is 19.7. The van der Waals surface area contributed by atoms with Gasteiger partial charge in [0.05, 0.1) is 0 Å². The van der Waals surface area contributed by atoms with Gasteiger partial charge in [-0.3, -0.25) is 9.80 Å². The van der Waals surface area contributed by atoms with Crippen LogP contribution >= 0.6 is 0 Å².